The zero-order valence-electron chi connectivity index (χ0n) is 13.0. The van der Waals surface area contributed by atoms with Gasteiger partial charge in [-0.05, 0) is 90.3 Å². The number of fused-ring (bicyclic) bond motifs is 1. The molecule has 2 aromatic carbocycles. The summed E-state index contributed by atoms with van der Waals surface area (Å²) in [4.78, 5) is 0.267. The van der Waals surface area contributed by atoms with E-state index in [1.54, 1.807) is 19.2 Å². The van der Waals surface area contributed by atoms with Crippen LogP contribution in [0.25, 0.3) is 0 Å². The lowest BCUT2D eigenvalue weighted by Crippen LogP contribution is -2.33. The third kappa shape index (κ3) is 3.26. The highest BCUT2D eigenvalue weighted by Crippen LogP contribution is 2.40. The second-order valence-electron chi connectivity index (χ2n) is 5.80. The fourth-order valence-electron chi connectivity index (χ4n) is 3.14. The lowest BCUT2D eigenvalue weighted by atomic mass is 9.88. The number of halogens is 3. The Bertz CT molecular complexity index is 883. The van der Waals surface area contributed by atoms with Crippen molar-refractivity contribution < 1.29 is 8.42 Å². The smallest absolute Gasteiger partial charge is 0.207 e. The van der Waals surface area contributed by atoms with Gasteiger partial charge in [0.1, 0.15) is 0 Å². The molecule has 0 amide bonds. The van der Waals surface area contributed by atoms with Gasteiger partial charge in [-0.1, -0.05) is 24.3 Å². The van der Waals surface area contributed by atoms with E-state index in [2.05, 4.69) is 53.9 Å². The van der Waals surface area contributed by atoms with E-state index in [-0.39, 0.29) is 10.9 Å². The van der Waals surface area contributed by atoms with Crippen molar-refractivity contribution in [3.05, 3.63) is 60.9 Å². The summed E-state index contributed by atoms with van der Waals surface area (Å²) in [5.41, 5.74) is 2.36. The molecule has 0 saturated carbocycles. The van der Waals surface area contributed by atoms with Gasteiger partial charge in [-0.2, -0.15) is 4.31 Å². The Balaban J connectivity index is 2.04. The van der Waals surface area contributed by atoms with Crippen molar-refractivity contribution in [2.45, 2.75) is 30.2 Å². The Kier molecular flexibility index (Phi) is 5.57. The van der Waals surface area contributed by atoms with Crippen LogP contribution >= 0.6 is 47.8 Å². The van der Waals surface area contributed by atoms with Crippen molar-refractivity contribution in [3.8, 4) is 0 Å². The molecule has 2 aromatic rings. The van der Waals surface area contributed by atoms with E-state index in [1.165, 1.54) is 9.87 Å². The molecule has 128 valence electrons. The van der Waals surface area contributed by atoms with Gasteiger partial charge in [0.25, 0.3) is 0 Å². The molecule has 0 radical (unpaired) electrons. The molecule has 7 heteroatoms. The molecule has 0 saturated heterocycles. The van der Waals surface area contributed by atoms with Crippen LogP contribution in [0.4, 0.5) is 0 Å². The highest BCUT2D eigenvalue weighted by molar-refractivity contribution is 9.14. The van der Waals surface area contributed by atoms with E-state index in [9.17, 15) is 8.42 Å². The fourth-order valence-corrected chi connectivity index (χ4v) is 6.60. The highest BCUT2D eigenvalue weighted by Gasteiger charge is 2.33. The first-order valence-corrected chi connectivity index (χ1v) is 11.3. The standard InChI is InChI=1S/C17H16Br3NO2S/c1-21(14-8-4-6-11-5-2-3-7-12(11)14)24(22,23)15-10-9-13(18)16(19)17(15)20/h2-3,5,7,9-10,14H,4,6,8H2,1H3. The van der Waals surface area contributed by atoms with Crippen LogP contribution in [0.5, 0.6) is 0 Å². The van der Waals surface area contributed by atoms with E-state index in [0.717, 1.165) is 29.3 Å². The fraction of sp³-hybridized carbons (Fsp3) is 0.294. The molecule has 0 spiro atoms. The van der Waals surface area contributed by atoms with Crippen molar-refractivity contribution in [1.29, 1.82) is 0 Å². The van der Waals surface area contributed by atoms with Crippen LogP contribution in [-0.4, -0.2) is 19.8 Å². The Labute approximate surface area is 167 Å². The molecule has 1 atom stereocenters. The lowest BCUT2D eigenvalue weighted by Gasteiger charge is -2.32. The largest absolute Gasteiger partial charge is 0.244 e. The summed E-state index contributed by atoms with van der Waals surface area (Å²) in [5.74, 6) is 0. The molecule has 3 nitrogen and oxygen atoms in total. The minimum Gasteiger partial charge on any atom is -0.207 e. The van der Waals surface area contributed by atoms with E-state index in [4.69, 9.17) is 0 Å². The molecule has 1 unspecified atom stereocenters. The van der Waals surface area contributed by atoms with Gasteiger partial charge >= 0.3 is 0 Å². The summed E-state index contributed by atoms with van der Waals surface area (Å²) >= 11 is 10.2. The molecule has 1 aliphatic rings. The van der Waals surface area contributed by atoms with Crippen LogP contribution in [0, 0.1) is 0 Å². The maximum absolute atomic E-state index is 13.2. The number of benzene rings is 2. The van der Waals surface area contributed by atoms with Crippen molar-refractivity contribution >= 4 is 57.8 Å². The van der Waals surface area contributed by atoms with Gasteiger partial charge in [0, 0.05) is 22.0 Å². The second kappa shape index (κ2) is 7.19. The minimum atomic E-state index is -3.62. The van der Waals surface area contributed by atoms with E-state index < -0.39 is 10.0 Å². The quantitative estimate of drug-likeness (QED) is 0.473. The summed E-state index contributed by atoms with van der Waals surface area (Å²) in [6, 6.07) is 11.4. The van der Waals surface area contributed by atoms with Crippen LogP contribution in [0.3, 0.4) is 0 Å². The van der Waals surface area contributed by atoms with Crippen molar-refractivity contribution in [3.63, 3.8) is 0 Å². The molecule has 24 heavy (non-hydrogen) atoms. The zero-order valence-corrected chi connectivity index (χ0v) is 18.5. The Morgan fingerprint density at radius 1 is 1.04 bits per heavy atom. The predicted molar refractivity (Wildman–Crippen MR) is 107 cm³/mol. The summed E-state index contributed by atoms with van der Waals surface area (Å²) < 4.78 is 29.9. The Morgan fingerprint density at radius 3 is 2.50 bits per heavy atom. The third-order valence-corrected chi connectivity index (χ3v) is 9.98. The highest BCUT2D eigenvalue weighted by atomic mass is 79.9. The Hall–Kier alpha value is -0.210. The Morgan fingerprint density at radius 2 is 1.75 bits per heavy atom. The summed E-state index contributed by atoms with van der Waals surface area (Å²) in [7, 11) is -1.94. The normalized spacial score (nSPS) is 17.8. The molecule has 0 heterocycles. The van der Waals surface area contributed by atoms with Crippen LogP contribution in [0.1, 0.15) is 30.0 Å². The molecule has 0 aromatic heterocycles. The average molecular weight is 538 g/mol. The average Bonchev–Trinajstić information content (AvgIpc) is 2.58. The summed E-state index contributed by atoms with van der Waals surface area (Å²) in [6.45, 7) is 0. The van der Waals surface area contributed by atoms with Crippen LogP contribution in [0.15, 0.2) is 54.7 Å². The van der Waals surface area contributed by atoms with Crippen molar-refractivity contribution in [2.24, 2.45) is 0 Å². The van der Waals surface area contributed by atoms with Crippen LogP contribution in [0.2, 0.25) is 0 Å². The van der Waals surface area contributed by atoms with Gasteiger partial charge in [0.15, 0.2) is 0 Å². The maximum atomic E-state index is 13.2. The number of hydrogen-bond donors (Lipinski definition) is 0. The van der Waals surface area contributed by atoms with Crippen LogP contribution in [-0.2, 0) is 16.4 Å². The molecular weight excluding hydrogens is 522 g/mol. The summed E-state index contributed by atoms with van der Waals surface area (Å²) in [5, 5.41) is 0. The number of nitrogens with zero attached hydrogens (tertiary/aromatic N) is 1. The maximum Gasteiger partial charge on any atom is 0.244 e. The van der Waals surface area contributed by atoms with Crippen molar-refractivity contribution in [2.75, 3.05) is 7.05 Å². The molecular formula is C17H16Br3NO2S. The molecule has 0 aliphatic heterocycles. The zero-order chi connectivity index (χ0) is 17.5. The molecule has 0 bridgehead atoms. The van der Waals surface area contributed by atoms with Crippen molar-refractivity contribution in [1.82, 2.24) is 4.31 Å². The molecule has 1 aliphatic carbocycles. The number of sulfonamides is 1. The minimum absolute atomic E-state index is 0.130. The molecule has 0 N–H and O–H groups in total. The second-order valence-corrected chi connectivity index (χ2v) is 10.2. The molecule has 3 rings (SSSR count). The van der Waals surface area contributed by atoms with Gasteiger partial charge in [0.2, 0.25) is 10.0 Å². The first-order valence-electron chi connectivity index (χ1n) is 7.53. The summed E-state index contributed by atoms with van der Waals surface area (Å²) in [6.07, 6.45) is 2.84. The predicted octanol–water partition coefficient (Wildman–Crippen LogP) is 5.67. The number of rotatable bonds is 3. The number of aryl methyl sites for hydroxylation is 1. The van der Waals surface area contributed by atoms with E-state index in [1.807, 2.05) is 18.2 Å². The van der Waals surface area contributed by atoms with Gasteiger partial charge in [0.05, 0.1) is 9.37 Å². The first kappa shape index (κ1) is 18.6. The van der Waals surface area contributed by atoms with Crippen LogP contribution < -0.4 is 0 Å². The van der Waals surface area contributed by atoms with Gasteiger partial charge in [-0.25, -0.2) is 8.42 Å². The first-order chi connectivity index (χ1) is 11.3. The molecule has 0 fully saturated rings. The monoisotopic (exact) mass is 535 g/mol. The van der Waals surface area contributed by atoms with E-state index >= 15 is 0 Å². The topological polar surface area (TPSA) is 37.4 Å². The lowest BCUT2D eigenvalue weighted by molar-refractivity contribution is 0.337. The van der Waals surface area contributed by atoms with Gasteiger partial charge < -0.3 is 0 Å². The number of hydrogen-bond acceptors (Lipinski definition) is 2. The SMILES string of the molecule is CN(C1CCCc2ccccc21)S(=O)(=O)c1ccc(Br)c(Br)c1Br. The van der Waals surface area contributed by atoms with E-state index in [0.29, 0.717) is 8.95 Å². The van der Waals surface area contributed by atoms with Gasteiger partial charge in [-0.3, -0.25) is 0 Å². The third-order valence-electron chi connectivity index (χ3n) is 4.43. The van der Waals surface area contributed by atoms with Gasteiger partial charge in [-0.15, -0.1) is 0 Å².